The lowest BCUT2D eigenvalue weighted by Crippen LogP contribution is -2.08. The van der Waals surface area contributed by atoms with E-state index in [4.69, 9.17) is 0 Å². The summed E-state index contributed by atoms with van der Waals surface area (Å²) in [6, 6.07) is 8.00. The molecule has 96 valence electrons. The van der Waals surface area contributed by atoms with E-state index in [1.165, 1.54) is 0 Å². The van der Waals surface area contributed by atoms with Crippen molar-refractivity contribution in [2.45, 2.75) is 27.3 Å². The van der Waals surface area contributed by atoms with Gasteiger partial charge in [-0.3, -0.25) is 4.98 Å². The molecule has 5 nitrogen and oxygen atoms in total. The average Bonchev–Trinajstić information content (AvgIpc) is 2.40. The van der Waals surface area contributed by atoms with Crippen LogP contribution in [-0.2, 0) is 6.54 Å². The third-order valence-electron chi connectivity index (χ3n) is 2.95. The summed E-state index contributed by atoms with van der Waals surface area (Å²) >= 11 is 0. The first-order chi connectivity index (χ1) is 9.11. The number of nitrogens with one attached hydrogen (secondary N) is 1. The van der Waals surface area contributed by atoms with Crippen molar-refractivity contribution in [1.82, 2.24) is 15.2 Å². The summed E-state index contributed by atoms with van der Waals surface area (Å²) in [6.45, 7) is 6.18. The Hall–Kier alpha value is -2.48. The number of pyridine rings is 1. The maximum Gasteiger partial charge on any atom is 0.167 e. The molecular weight excluding hydrogens is 238 g/mol. The van der Waals surface area contributed by atoms with Gasteiger partial charge in [0.1, 0.15) is 11.6 Å². The van der Waals surface area contributed by atoms with Crippen LogP contribution in [-0.4, -0.2) is 15.2 Å². The van der Waals surface area contributed by atoms with E-state index in [1.54, 1.807) is 0 Å². The fraction of sp³-hybridized carbons (Fsp3) is 0.286. The second-order valence-corrected chi connectivity index (χ2v) is 4.37. The largest absolute Gasteiger partial charge is 0.362 e. The molecule has 0 aliphatic carbocycles. The molecule has 0 aliphatic rings. The molecule has 0 bridgehead atoms. The molecule has 2 aromatic heterocycles. The van der Waals surface area contributed by atoms with Crippen LogP contribution in [0.15, 0.2) is 18.2 Å². The van der Waals surface area contributed by atoms with Gasteiger partial charge in [-0.15, -0.1) is 5.10 Å². The number of aryl methyl sites for hydroxylation is 2. The van der Waals surface area contributed by atoms with Gasteiger partial charge < -0.3 is 5.32 Å². The standard InChI is InChI=1S/C14H15N5/c1-9-5-4-6-12(17-9)8-16-14-13(7-15)10(2)11(3)18-19-14/h4-6H,8H2,1-3H3,(H,16,19). The Balaban J connectivity index is 2.21. The van der Waals surface area contributed by atoms with Crippen molar-refractivity contribution < 1.29 is 0 Å². The van der Waals surface area contributed by atoms with E-state index in [-0.39, 0.29) is 0 Å². The maximum absolute atomic E-state index is 9.19. The quantitative estimate of drug-likeness (QED) is 0.908. The molecule has 0 saturated carbocycles. The van der Waals surface area contributed by atoms with Crippen LogP contribution < -0.4 is 5.32 Å². The third-order valence-corrected chi connectivity index (χ3v) is 2.95. The zero-order valence-corrected chi connectivity index (χ0v) is 11.2. The Kier molecular flexibility index (Phi) is 3.71. The molecule has 1 N–H and O–H groups in total. The smallest absolute Gasteiger partial charge is 0.167 e. The van der Waals surface area contributed by atoms with Crippen molar-refractivity contribution in [2.24, 2.45) is 0 Å². The minimum Gasteiger partial charge on any atom is -0.362 e. The van der Waals surface area contributed by atoms with Crippen molar-refractivity contribution in [2.75, 3.05) is 5.32 Å². The van der Waals surface area contributed by atoms with Crippen molar-refractivity contribution in [3.8, 4) is 6.07 Å². The van der Waals surface area contributed by atoms with E-state index in [0.29, 0.717) is 17.9 Å². The van der Waals surface area contributed by atoms with Gasteiger partial charge in [-0.1, -0.05) is 6.07 Å². The Labute approximate surface area is 112 Å². The number of nitrogens with zero attached hydrogens (tertiary/aromatic N) is 4. The maximum atomic E-state index is 9.19. The van der Waals surface area contributed by atoms with Gasteiger partial charge in [-0.05, 0) is 38.5 Å². The molecule has 2 aromatic rings. The molecule has 2 rings (SSSR count). The number of hydrogen-bond acceptors (Lipinski definition) is 5. The van der Waals surface area contributed by atoms with Gasteiger partial charge in [-0.2, -0.15) is 10.4 Å². The van der Waals surface area contributed by atoms with Gasteiger partial charge >= 0.3 is 0 Å². The lowest BCUT2D eigenvalue weighted by Gasteiger charge is -2.09. The van der Waals surface area contributed by atoms with E-state index in [0.717, 1.165) is 22.6 Å². The zero-order chi connectivity index (χ0) is 13.8. The van der Waals surface area contributed by atoms with Gasteiger partial charge in [0.25, 0.3) is 0 Å². The summed E-state index contributed by atoms with van der Waals surface area (Å²) < 4.78 is 0. The molecule has 0 saturated heterocycles. The normalized spacial score (nSPS) is 10.0. The van der Waals surface area contributed by atoms with Crippen LogP contribution in [0.25, 0.3) is 0 Å². The van der Waals surface area contributed by atoms with Crippen LogP contribution in [0.5, 0.6) is 0 Å². The number of nitriles is 1. The molecule has 0 fully saturated rings. The predicted octanol–water partition coefficient (Wildman–Crippen LogP) is 2.28. The van der Waals surface area contributed by atoms with Crippen LogP contribution in [0.2, 0.25) is 0 Å². The van der Waals surface area contributed by atoms with Gasteiger partial charge in [-0.25, -0.2) is 0 Å². The molecule has 0 amide bonds. The molecule has 5 heteroatoms. The zero-order valence-electron chi connectivity index (χ0n) is 11.2. The number of hydrogen-bond donors (Lipinski definition) is 1. The van der Waals surface area contributed by atoms with Gasteiger partial charge in [0.15, 0.2) is 5.82 Å². The Morgan fingerprint density at radius 3 is 2.68 bits per heavy atom. The Bertz CT molecular complexity index is 643. The first kappa shape index (κ1) is 13.0. The second-order valence-electron chi connectivity index (χ2n) is 4.37. The van der Waals surface area contributed by atoms with Gasteiger partial charge in [0, 0.05) is 5.69 Å². The third kappa shape index (κ3) is 2.86. The van der Waals surface area contributed by atoms with E-state index < -0.39 is 0 Å². The van der Waals surface area contributed by atoms with Crippen molar-refractivity contribution in [3.63, 3.8) is 0 Å². The molecule has 19 heavy (non-hydrogen) atoms. The van der Waals surface area contributed by atoms with Crippen molar-refractivity contribution in [1.29, 1.82) is 5.26 Å². The van der Waals surface area contributed by atoms with Crippen LogP contribution in [0.3, 0.4) is 0 Å². The summed E-state index contributed by atoms with van der Waals surface area (Å²) in [5.74, 6) is 0.508. The lowest BCUT2D eigenvalue weighted by atomic mass is 10.1. The average molecular weight is 253 g/mol. The molecule has 2 heterocycles. The SMILES string of the molecule is Cc1cccc(CNc2nnc(C)c(C)c2C#N)n1. The Morgan fingerprint density at radius 1 is 1.21 bits per heavy atom. The van der Waals surface area contributed by atoms with Crippen molar-refractivity contribution >= 4 is 5.82 Å². The van der Waals surface area contributed by atoms with Gasteiger partial charge in [0.2, 0.25) is 0 Å². The highest BCUT2D eigenvalue weighted by Gasteiger charge is 2.10. The van der Waals surface area contributed by atoms with E-state index in [2.05, 4.69) is 26.6 Å². The molecule has 0 spiro atoms. The number of anilines is 1. The highest BCUT2D eigenvalue weighted by molar-refractivity contribution is 5.55. The van der Waals surface area contributed by atoms with Crippen LogP contribution >= 0.6 is 0 Å². The summed E-state index contributed by atoms with van der Waals surface area (Å²) in [5.41, 5.74) is 4.04. The van der Waals surface area contributed by atoms with Crippen LogP contribution in [0.1, 0.15) is 28.2 Å². The molecule has 0 aromatic carbocycles. The highest BCUT2D eigenvalue weighted by atomic mass is 15.2. The molecule has 0 unspecified atom stereocenters. The fourth-order valence-corrected chi connectivity index (χ4v) is 1.74. The molecule has 0 aliphatic heterocycles. The van der Waals surface area contributed by atoms with Gasteiger partial charge in [0.05, 0.1) is 17.9 Å². The topological polar surface area (TPSA) is 74.5 Å². The number of rotatable bonds is 3. The molecule has 0 atom stereocenters. The summed E-state index contributed by atoms with van der Waals surface area (Å²) in [4.78, 5) is 4.39. The highest BCUT2D eigenvalue weighted by Crippen LogP contribution is 2.17. The summed E-state index contributed by atoms with van der Waals surface area (Å²) in [6.07, 6.45) is 0. The summed E-state index contributed by atoms with van der Waals surface area (Å²) in [5, 5.41) is 20.4. The second kappa shape index (κ2) is 5.44. The van der Waals surface area contributed by atoms with E-state index >= 15 is 0 Å². The Morgan fingerprint density at radius 2 is 2.00 bits per heavy atom. The lowest BCUT2D eigenvalue weighted by molar-refractivity contribution is 0.928. The predicted molar refractivity (Wildman–Crippen MR) is 72.5 cm³/mol. The fourth-order valence-electron chi connectivity index (χ4n) is 1.74. The first-order valence-corrected chi connectivity index (χ1v) is 6.02. The van der Waals surface area contributed by atoms with Crippen LogP contribution in [0, 0.1) is 32.1 Å². The first-order valence-electron chi connectivity index (χ1n) is 6.02. The van der Waals surface area contributed by atoms with E-state index in [9.17, 15) is 5.26 Å². The minimum absolute atomic E-state index is 0.508. The minimum atomic E-state index is 0.508. The van der Waals surface area contributed by atoms with E-state index in [1.807, 2.05) is 39.0 Å². The molecule has 0 radical (unpaired) electrons. The molecular formula is C14H15N5. The van der Waals surface area contributed by atoms with Crippen molar-refractivity contribution in [3.05, 3.63) is 46.4 Å². The summed E-state index contributed by atoms with van der Waals surface area (Å²) in [7, 11) is 0. The van der Waals surface area contributed by atoms with Crippen LogP contribution in [0.4, 0.5) is 5.82 Å². The monoisotopic (exact) mass is 253 g/mol. The number of aromatic nitrogens is 3.